The van der Waals surface area contributed by atoms with Crippen LogP contribution in [-0.2, 0) is 11.5 Å². The van der Waals surface area contributed by atoms with Crippen LogP contribution in [0.2, 0.25) is 0 Å². The van der Waals surface area contributed by atoms with E-state index in [1.165, 1.54) is 44.7 Å². The Hall–Kier alpha value is -1.88. The molecule has 0 bridgehead atoms. The van der Waals surface area contributed by atoms with Crippen molar-refractivity contribution in [2.75, 3.05) is 13.2 Å². The molecule has 0 aliphatic rings. The molecule has 1 aromatic rings. The highest BCUT2D eigenvalue weighted by Crippen LogP contribution is 2.09. The van der Waals surface area contributed by atoms with Gasteiger partial charge in [-0.05, 0) is 6.42 Å². The van der Waals surface area contributed by atoms with Crippen LogP contribution >= 0.6 is 0 Å². The molecular weight excluding hydrogens is 348 g/mol. The molecular formula is C20H32N2O5. The fourth-order valence-electron chi connectivity index (χ4n) is 2.55. The van der Waals surface area contributed by atoms with Crippen LogP contribution in [0.25, 0.3) is 0 Å². The van der Waals surface area contributed by atoms with E-state index in [0.717, 1.165) is 17.4 Å². The zero-order valence-electron chi connectivity index (χ0n) is 16.2. The smallest absolute Gasteiger partial charge is 0.330 e. The van der Waals surface area contributed by atoms with Crippen LogP contribution in [0.3, 0.4) is 0 Å². The first kappa shape index (κ1) is 23.2. The highest BCUT2D eigenvalue weighted by molar-refractivity contribution is 5.29. The van der Waals surface area contributed by atoms with Gasteiger partial charge in [-0.2, -0.15) is 0 Å². The number of rotatable bonds is 13. The van der Waals surface area contributed by atoms with E-state index in [1.807, 2.05) is 0 Å². The largest absolute Gasteiger partial charge is 0.394 e. The zero-order chi connectivity index (χ0) is 19.9. The zero-order valence-corrected chi connectivity index (χ0v) is 16.2. The Morgan fingerprint density at radius 2 is 1.70 bits per heavy atom. The summed E-state index contributed by atoms with van der Waals surface area (Å²) in [4.78, 5) is 25.8. The van der Waals surface area contributed by atoms with Gasteiger partial charge in [-0.1, -0.05) is 63.7 Å². The standard InChI is InChI=1S/C20H32N2O5/c1-2-3-4-5-6-7-8-9-10-11-12-17-13-22(20(26)21-19(17)25)16-27-18(14-23)15-24/h13,18,23-24H,2-10,14-16H2,1H3,(H,21,25,26). The van der Waals surface area contributed by atoms with E-state index < -0.39 is 17.4 Å². The summed E-state index contributed by atoms with van der Waals surface area (Å²) in [6.45, 7) is 1.30. The van der Waals surface area contributed by atoms with Gasteiger partial charge in [-0.25, -0.2) is 4.79 Å². The van der Waals surface area contributed by atoms with E-state index in [1.54, 1.807) is 0 Å². The van der Waals surface area contributed by atoms with Crippen molar-refractivity contribution in [3.05, 3.63) is 32.6 Å². The van der Waals surface area contributed by atoms with E-state index >= 15 is 0 Å². The van der Waals surface area contributed by atoms with Crippen LogP contribution in [0.15, 0.2) is 15.8 Å². The highest BCUT2D eigenvalue weighted by Gasteiger charge is 2.08. The normalized spacial score (nSPS) is 10.8. The van der Waals surface area contributed by atoms with Crippen molar-refractivity contribution in [1.82, 2.24) is 9.55 Å². The molecule has 0 aliphatic carbocycles. The maximum Gasteiger partial charge on any atom is 0.330 e. The van der Waals surface area contributed by atoms with Gasteiger partial charge in [0.2, 0.25) is 0 Å². The molecule has 0 aliphatic heterocycles. The lowest BCUT2D eigenvalue weighted by molar-refractivity contribution is -0.0513. The Labute approximate surface area is 160 Å². The van der Waals surface area contributed by atoms with Crippen molar-refractivity contribution in [3.63, 3.8) is 0 Å². The Morgan fingerprint density at radius 1 is 1.07 bits per heavy atom. The number of hydrogen-bond acceptors (Lipinski definition) is 5. The summed E-state index contributed by atoms with van der Waals surface area (Å²) in [6, 6.07) is 0. The third-order valence-electron chi connectivity index (χ3n) is 4.25. The van der Waals surface area contributed by atoms with Crippen LogP contribution in [0, 0.1) is 11.8 Å². The predicted molar refractivity (Wildman–Crippen MR) is 104 cm³/mol. The average molecular weight is 380 g/mol. The first-order chi connectivity index (χ1) is 13.1. The second-order valence-corrected chi connectivity index (χ2v) is 6.58. The quantitative estimate of drug-likeness (QED) is 0.357. The van der Waals surface area contributed by atoms with Gasteiger partial charge in [0.1, 0.15) is 18.4 Å². The molecule has 27 heavy (non-hydrogen) atoms. The van der Waals surface area contributed by atoms with Crippen molar-refractivity contribution in [2.24, 2.45) is 0 Å². The summed E-state index contributed by atoms with van der Waals surface area (Å²) in [5.41, 5.74) is -0.953. The molecule has 0 atom stereocenters. The summed E-state index contributed by atoms with van der Waals surface area (Å²) < 4.78 is 6.35. The SMILES string of the molecule is CCCCCCCCCCC#Cc1cn(COC(CO)CO)c(=O)[nH]c1=O. The number of aromatic nitrogens is 2. The molecule has 0 aromatic carbocycles. The monoisotopic (exact) mass is 380 g/mol. The van der Waals surface area contributed by atoms with Gasteiger partial charge in [0.25, 0.3) is 5.56 Å². The fraction of sp³-hybridized carbons (Fsp3) is 0.700. The number of aromatic amines is 1. The number of H-pyrrole nitrogens is 1. The Bertz CT molecular complexity index is 695. The van der Waals surface area contributed by atoms with Crippen LogP contribution in [0.4, 0.5) is 0 Å². The predicted octanol–water partition coefficient (Wildman–Crippen LogP) is 1.75. The first-order valence-electron chi connectivity index (χ1n) is 9.78. The fourth-order valence-corrected chi connectivity index (χ4v) is 2.55. The summed E-state index contributed by atoms with van der Waals surface area (Å²) in [5.74, 6) is 5.79. The summed E-state index contributed by atoms with van der Waals surface area (Å²) in [6.07, 6.45) is 11.1. The minimum absolute atomic E-state index is 0.186. The molecule has 0 fully saturated rings. The van der Waals surface area contributed by atoms with Crippen LogP contribution in [0.5, 0.6) is 0 Å². The van der Waals surface area contributed by atoms with Crippen molar-refractivity contribution in [3.8, 4) is 11.8 Å². The average Bonchev–Trinajstić information content (AvgIpc) is 2.66. The Kier molecular flexibility index (Phi) is 12.2. The molecule has 1 heterocycles. The highest BCUT2D eigenvalue weighted by atomic mass is 16.5. The van der Waals surface area contributed by atoms with Gasteiger partial charge in [0, 0.05) is 12.6 Å². The minimum Gasteiger partial charge on any atom is -0.394 e. The van der Waals surface area contributed by atoms with Gasteiger partial charge in [-0.15, -0.1) is 0 Å². The van der Waals surface area contributed by atoms with Crippen molar-refractivity contribution in [1.29, 1.82) is 0 Å². The number of aliphatic hydroxyl groups is 2. The third kappa shape index (κ3) is 9.57. The van der Waals surface area contributed by atoms with E-state index in [2.05, 4.69) is 23.7 Å². The Balaban J connectivity index is 2.46. The number of aliphatic hydroxyl groups excluding tert-OH is 2. The Morgan fingerprint density at radius 3 is 2.33 bits per heavy atom. The molecule has 152 valence electrons. The number of hydrogen-bond donors (Lipinski definition) is 3. The maximum absolute atomic E-state index is 11.8. The molecule has 7 heteroatoms. The lowest BCUT2D eigenvalue weighted by atomic mass is 10.1. The molecule has 0 spiro atoms. The second-order valence-electron chi connectivity index (χ2n) is 6.58. The molecule has 0 saturated heterocycles. The summed E-state index contributed by atoms with van der Waals surface area (Å²) >= 11 is 0. The van der Waals surface area contributed by atoms with Gasteiger partial charge < -0.3 is 14.9 Å². The molecule has 3 N–H and O–H groups in total. The lowest BCUT2D eigenvalue weighted by Gasteiger charge is -2.13. The maximum atomic E-state index is 11.8. The summed E-state index contributed by atoms with van der Waals surface area (Å²) in [7, 11) is 0. The van der Waals surface area contributed by atoms with Crippen LogP contribution in [0.1, 0.15) is 70.3 Å². The molecule has 0 unspecified atom stereocenters. The number of nitrogens with zero attached hydrogens (tertiary/aromatic N) is 1. The van der Waals surface area contributed by atoms with Crippen molar-refractivity contribution in [2.45, 2.75) is 77.5 Å². The van der Waals surface area contributed by atoms with E-state index in [4.69, 9.17) is 14.9 Å². The topological polar surface area (TPSA) is 105 Å². The molecule has 0 saturated carbocycles. The van der Waals surface area contributed by atoms with Gasteiger partial charge in [0.05, 0.1) is 13.2 Å². The second kappa shape index (κ2) is 14.2. The molecule has 0 radical (unpaired) electrons. The first-order valence-corrected chi connectivity index (χ1v) is 9.78. The van der Waals surface area contributed by atoms with E-state index in [0.29, 0.717) is 6.42 Å². The van der Waals surface area contributed by atoms with E-state index in [9.17, 15) is 9.59 Å². The lowest BCUT2D eigenvalue weighted by Crippen LogP contribution is -2.33. The number of nitrogens with one attached hydrogen (secondary N) is 1. The number of unbranched alkanes of at least 4 members (excludes halogenated alkanes) is 8. The molecule has 1 aromatic heterocycles. The van der Waals surface area contributed by atoms with Crippen molar-refractivity contribution >= 4 is 0 Å². The number of ether oxygens (including phenoxy) is 1. The van der Waals surface area contributed by atoms with Crippen LogP contribution < -0.4 is 11.2 Å². The third-order valence-corrected chi connectivity index (χ3v) is 4.25. The summed E-state index contributed by atoms with van der Waals surface area (Å²) in [5, 5.41) is 18.0. The minimum atomic E-state index is -0.777. The molecule has 1 rings (SSSR count). The van der Waals surface area contributed by atoms with E-state index in [-0.39, 0.29) is 25.5 Å². The molecule has 7 nitrogen and oxygen atoms in total. The van der Waals surface area contributed by atoms with Crippen LogP contribution in [-0.4, -0.2) is 39.1 Å². The molecule has 0 amide bonds. The van der Waals surface area contributed by atoms with Gasteiger partial charge in [0.15, 0.2) is 0 Å². The van der Waals surface area contributed by atoms with Gasteiger partial charge in [-0.3, -0.25) is 14.3 Å². The van der Waals surface area contributed by atoms with Crippen molar-refractivity contribution < 1.29 is 14.9 Å². The van der Waals surface area contributed by atoms with Gasteiger partial charge >= 0.3 is 5.69 Å².